The van der Waals surface area contributed by atoms with Crippen molar-refractivity contribution in [2.45, 2.75) is 30.9 Å². The minimum Gasteiger partial charge on any atom is -0.459 e. The maximum Gasteiger partial charge on any atom is 0.289 e. The molecule has 1 aromatic heterocycles. The lowest BCUT2D eigenvalue weighted by molar-refractivity contribution is -0.0763. The largest absolute Gasteiger partial charge is 0.459 e. The molecule has 1 aromatic rings. The number of likely N-dealkylation sites (tertiary alicyclic amines) is 1. The molecule has 0 bridgehead atoms. The molecular formula is C14H20N2O5S. The molecule has 122 valence electrons. The van der Waals surface area contributed by atoms with E-state index in [1.807, 2.05) is 0 Å². The third-order valence-electron chi connectivity index (χ3n) is 4.21. The molecule has 0 aromatic carbocycles. The van der Waals surface area contributed by atoms with E-state index in [1.54, 1.807) is 17.0 Å². The third kappa shape index (κ3) is 3.34. The molecule has 2 atom stereocenters. The van der Waals surface area contributed by atoms with Crippen molar-refractivity contribution >= 4 is 15.9 Å². The Morgan fingerprint density at radius 3 is 3.00 bits per heavy atom. The minimum absolute atomic E-state index is 0.137. The van der Waals surface area contributed by atoms with Gasteiger partial charge in [0.25, 0.3) is 5.91 Å². The summed E-state index contributed by atoms with van der Waals surface area (Å²) in [6.07, 6.45) is 4.59. The first-order chi connectivity index (χ1) is 10.4. The minimum atomic E-state index is -3.24. The second kappa shape index (κ2) is 5.68. The molecule has 3 rings (SSSR count). The van der Waals surface area contributed by atoms with E-state index in [0.29, 0.717) is 44.7 Å². The predicted octanol–water partition coefficient (Wildman–Crippen LogP) is 0.593. The Labute approximate surface area is 129 Å². The number of nitrogens with one attached hydrogen (secondary N) is 1. The van der Waals surface area contributed by atoms with Crippen LogP contribution in [0, 0.1) is 0 Å². The average molecular weight is 328 g/mol. The molecule has 8 heteroatoms. The summed E-state index contributed by atoms with van der Waals surface area (Å²) in [6.45, 7) is 1.55. The molecule has 0 unspecified atom stereocenters. The Bertz CT molecular complexity index is 642. The molecule has 2 fully saturated rings. The van der Waals surface area contributed by atoms with Crippen molar-refractivity contribution < 1.29 is 22.4 Å². The van der Waals surface area contributed by atoms with Gasteiger partial charge in [-0.3, -0.25) is 4.79 Å². The zero-order valence-corrected chi connectivity index (χ0v) is 13.3. The van der Waals surface area contributed by atoms with Crippen LogP contribution in [-0.2, 0) is 14.8 Å². The molecule has 7 nitrogen and oxygen atoms in total. The van der Waals surface area contributed by atoms with Gasteiger partial charge in [-0.15, -0.1) is 0 Å². The van der Waals surface area contributed by atoms with Gasteiger partial charge in [-0.1, -0.05) is 0 Å². The third-order valence-corrected chi connectivity index (χ3v) is 4.97. The Hall–Kier alpha value is -1.38. The van der Waals surface area contributed by atoms with Gasteiger partial charge in [-0.2, -0.15) is 0 Å². The highest BCUT2D eigenvalue weighted by molar-refractivity contribution is 7.88. The summed E-state index contributed by atoms with van der Waals surface area (Å²) in [7, 11) is -3.24. The molecule has 1 N–H and O–H groups in total. The van der Waals surface area contributed by atoms with Crippen LogP contribution in [0.15, 0.2) is 22.8 Å². The summed E-state index contributed by atoms with van der Waals surface area (Å²) in [5.41, 5.74) is -0.455. The van der Waals surface area contributed by atoms with Gasteiger partial charge in [0, 0.05) is 19.2 Å². The number of hydrogen-bond donors (Lipinski definition) is 1. The van der Waals surface area contributed by atoms with E-state index in [1.165, 1.54) is 6.26 Å². The number of hydrogen-bond acceptors (Lipinski definition) is 5. The number of carbonyl (C=O) groups is 1. The number of sulfonamides is 1. The quantitative estimate of drug-likeness (QED) is 0.877. The van der Waals surface area contributed by atoms with Crippen molar-refractivity contribution in [1.29, 1.82) is 0 Å². The Kier molecular flexibility index (Phi) is 4.00. The first-order valence-electron chi connectivity index (χ1n) is 7.31. The number of nitrogens with zero attached hydrogens (tertiary/aromatic N) is 1. The van der Waals surface area contributed by atoms with E-state index in [-0.39, 0.29) is 11.9 Å². The van der Waals surface area contributed by atoms with Gasteiger partial charge in [-0.25, -0.2) is 13.1 Å². The lowest BCUT2D eigenvalue weighted by Gasteiger charge is -2.38. The standard InChI is InChI=1S/C14H20N2O5S/c1-22(18,19)15-11-4-8-21-14(9-11)5-6-16(10-14)13(17)12-3-2-7-20-12/h2-3,7,11,15H,4-6,8-10H2,1H3/t11-,14-/m1/s1. The zero-order chi connectivity index (χ0) is 15.8. The van der Waals surface area contributed by atoms with E-state index in [9.17, 15) is 13.2 Å². The highest BCUT2D eigenvalue weighted by Crippen LogP contribution is 2.35. The van der Waals surface area contributed by atoms with Gasteiger partial charge in [0.05, 0.1) is 24.7 Å². The summed E-state index contributed by atoms with van der Waals surface area (Å²) in [5.74, 6) is 0.169. The van der Waals surface area contributed by atoms with Crippen LogP contribution >= 0.6 is 0 Å². The molecule has 1 spiro atoms. The van der Waals surface area contributed by atoms with Crippen molar-refractivity contribution in [2.75, 3.05) is 26.0 Å². The lowest BCUT2D eigenvalue weighted by Crippen LogP contribution is -2.50. The molecule has 1 amide bonds. The van der Waals surface area contributed by atoms with Crippen LogP contribution in [0.25, 0.3) is 0 Å². The summed E-state index contributed by atoms with van der Waals surface area (Å²) in [4.78, 5) is 14.0. The fraction of sp³-hybridized carbons (Fsp3) is 0.643. The molecule has 2 aliphatic rings. The highest BCUT2D eigenvalue weighted by Gasteiger charge is 2.45. The van der Waals surface area contributed by atoms with Crippen LogP contribution in [0.5, 0.6) is 0 Å². The van der Waals surface area contributed by atoms with Gasteiger partial charge >= 0.3 is 0 Å². The summed E-state index contributed by atoms with van der Waals surface area (Å²) in [5, 5.41) is 0. The normalized spacial score (nSPS) is 29.1. The van der Waals surface area contributed by atoms with E-state index in [2.05, 4.69) is 4.72 Å². The fourth-order valence-corrected chi connectivity index (χ4v) is 4.10. The molecule has 2 aliphatic heterocycles. The molecular weight excluding hydrogens is 308 g/mol. The van der Waals surface area contributed by atoms with E-state index in [0.717, 1.165) is 6.26 Å². The van der Waals surface area contributed by atoms with Crippen LogP contribution in [0.1, 0.15) is 29.8 Å². The van der Waals surface area contributed by atoms with Crippen LogP contribution in [0.4, 0.5) is 0 Å². The summed E-state index contributed by atoms with van der Waals surface area (Å²) >= 11 is 0. The Balaban J connectivity index is 1.66. The SMILES string of the molecule is CS(=O)(=O)N[C@@H]1CCO[C@]2(CCN(C(=O)c3ccco3)C2)C1. The molecule has 0 aliphatic carbocycles. The van der Waals surface area contributed by atoms with Crippen LogP contribution in [-0.4, -0.2) is 56.8 Å². The lowest BCUT2D eigenvalue weighted by atomic mass is 9.90. The van der Waals surface area contributed by atoms with Gasteiger partial charge in [0.1, 0.15) is 0 Å². The first-order valence-corrected chi connectivity index (χ1v) is 9.20. The van der Waals surface area contributed by atoms with E-state index < -0.39 is 15.6 Å². The second-order valence-corrected chi connectivity index (χ2v) is 7.85. The van der Waals surface area contributed by atoms with Gasteiger partial charge in [0.15, 0.2) is 5.76 Å². The zero-order valence-electron chi connectivity index (χ0n) is 12.4. The first kappa shape index (κ1) is 15.5. The van der Waals surface area contributed by atoms with Crippen molar-refractivity contribution in [1.82, 2.24) is 9.62 Å². The van der Waals surface area contributed by atoms with Crippen molar-refractivity contribution in [3.63, 3.8) is 0 Å². The number of furan rings is 1. The number of ether oxygens (including phenoxy) is 1. The second-order valence-electron chi connectivity index (χ2n) is 6.07. The molecule has 0 saturated carbocycles. The topological polar surface area (TPSA) is 88.9 Å². The van der Waals surface area contributed by atoms with Gasteiger partial charge in [-0.05, 0) is 31.4 Å². The fourth-order valence-electron chi connectivity index (χ4n) is 3.29. The maximum atomic E-state index is 12.3. The van der Waals surface area contributed by atoms with Gasteiger partial charge in [0.2, 0.25) is 10.0 Å². The highest BCUT2D eigenvalue weighted by atomic mass is 32.2. The van der Waals surface area contributed by atoms with Crippen LogP contribution in [0.2, 0.25) is 0 Å². The average Bonchev–Trinajstić information content (AvgIpc) is 3.06. The van der Waals surface area contributed by atoms with Crippen LogP contribution < -0.4 is 4.72 Å². The molecule has 2 saturated heterocycles. The smallest absolute Gasteiger partial charge is 0.289 e. The Morgan fingerprint density at radius 1 is 1.50 bits per heavy atom. The van der Waals surface area contributed by atoms with Gasteiger partial charge < -0.3 is 14.1 Å². The molecule has 22 heavy (non-hydrogen) atoms. The summed E-state index contributed by atoms with van der Waals surface area (Å²) < 4.78 is 36.5. The number of amides is 1. The molecule has 3 heterocycles. The maximum absolute atomic E-state index is 12.3. The summed E-state index contributed by atoms with van der Waals surface area (Å²) in [6, 6.07) is 3.19. The number of rotatable bonds is 3. The van der Waals surface area contributed by atoms with Crippen molar-refractivity contribution in [3.05, 3.63) is 24.2 Å². The predicted molar refractivity (Wildman–Crippen MR) is 78.9 cm³/mol. The van der Waals surface area contributed by atoms with E-state index in [4.69, 9.17) is 9.15 Å². The Morgan fingerprint density at radius 2 is 2.32 bits per heavy atom. The van der Waals surface area contributed by atoms with Crippen molar-refractivity contribution in [2.24, 2.45) is 0 Å². The van der Waals surface area contributed by atoms with E-state index >= 15 is 0 Å². The monoisotopic (exact) mass is 328 g/mol. The van der Waals surface area contributed by atoms with Crippen LogP contribution in [0.3, 0.4) is 0 Å². The van der Waals surface area contributed by atoms with Crippen molar-refractivity contribution in [3.8, 4) is 0 Å². The molecule has 0 radical (unpaired) electrons. The number of carbonyl (C=O) groups excluding carboxylic acids is 1.